The van der Waals surface area contributed by atoms with E-state index in [0.29, 0.717) is 34.7 Å². The van der Waals surface area contributed by atoms with Gasteiger partial charge in [0.05, 0.1) is 11.9 Å². The van der Waals surface area contributed by atoms with E-state index in [2.05, 4.69) is 36.5 Å². The van der Waals surface area contributed by atoms with Crippen molar-refractivity contribution in [2.45, 2.75) is 25.4 Å². The van der Waals surface area contributed by atoms with Gasteiger partial charge >= 0.3 is 0 Å². The number of fused-ring (bicyclic) bond motifs is 1. The summed E-state index contributed by atoms with van der Waals surface area (Å²) >= 11 is 3.35. The Balaban J connectivity index is 1.42. The number of piperidine rings is 1. The van der Waals surface area contributed by atoms with E-state index in [-0.39, 0.29) is 18.2 Å². The monoisotopic (exact) mass is 469 g/mol. The average molecular weight is 470 g/mol. The molecule has 0 aliphatic carbocycles. The van der Waals surface area contributed by atoms with Crippen LogP contribution in [0.2, 0.25) is 0 Å². The maximum Gasteiger partial charge on any atom is 0.255 e. The number of aryl methyl sites for hydroxylation is 1. The number of nitrogens with zero attached hydrogens (tertiary/aromatic N) is 6. The molecule has 0 saturated carbocycles. The number of nitrogens with one attached hydrogen (secondary N) is 1. The zero-order chi connectivity index (χ0) is 21.0. The topological polar surface area (TPSA) is 115 Å². The number of hydrogen-bond donors (Lipinski definition) is 1. The van der Waals surface area contributed by atoms with Crippen molar-refractivity contribution in [1.82, 2.24) is 34.8 Å². The van der Waals surface area contributed by atoms with Crippen molar-refractivity contribution in [2.24, 2.45) is 7.05 Å². The lowest BCUT2D eigenvalue weighted by atomic mass is 10.0. The summed E-state index contributed by atoms with van der Waals surface area (Å²) in [6.07, 6.45) is 4.17. The van der Waals surface area contributed by atoms with Crippen LogP contribution < -0.4 is 5.32 Å². The van der Waals surface area contributed by atoms with Gasteiger partial charge in [0.25, 0.3) is 5.91 Å². The smallest absolute Gasteiger partial charge is 0.255 e. The van der Waals surface area contributed by atoms with Crippen LogP contribution in [-0.4, -0.2) is 53.2 Å². The van der Waals surface area contributed by atoms with Crippen LogP contribution in [0.5, 0.6) is 0 Å². The van der Waals surface area contributed by atoms with Crippen LogP contribution in [0.4, 0.5) is 0 Å². The van der Waals surface area contributed by atoms with E-state index in [1.807, 2.05) is 23.9 Å². The molecule has 1 N–H and O–H groups in total. The Morgan fingerprint density at radius 1 is 1.20 bits per heavy atom. The second kappa shape index (κ2) is 6.87. The summed E-state index contributed by atoms with van der Waals surface area (Å²) in [4.78, 5) is 42.3. The van der Waals surface area contributed by atoms with Crippen LogP contribution >= 0.6 is 15.9 Å². The molecule has 4 heterocycles. The number of imide groups is 1. The fraction of sp³-hybridized carbons (Fsp3) is 0.263. The van der Waals surface area contributed by atoms with Gasteiger partial charge in [-0.25, -0.2) is 9.67 Å². The fourth-order valence-corrected chi connectivity index (χ4v) is 4.34. The van der Waals surface area contributed by atoms with Crippen molar-refractivity contribution >= 4 is 33.7 Å². The Bertz CT molecular complexity index is 1210. The van der Waals surface area contributed by atoms with Gasteiger partial charge in [-0.2, -0.15) is 0 Å². The molecule has 30 heavy (non-hydrogen) atoms. The van der Waals surface area contributed by atoms with Gasteiger partial charge in [0.1, 0.15) is 16.3 Å². The van der Waals surface area contributed by atoms with Crippen molar-refractivity contribution in [2.75, 3.05) is 0 Å². The molecule has 1 fully saturated rings. The number of rotatable bonds is 3. The van der Waals surface area contributed by atoms with Crippen molar-refractivity contribution in [3.05, 3.63) is 46.3 Å². The number of carbonyl (C=O) groups excluding carboxylic acids is 3. The lowest BCUT2D eigenvalue weighted by Crippen LogP contribution is -2.52. The molecule has 1 atom stereocenters. The maximum absolute atomic E-state index is 12.8. The molecular weight excluding hydrogens is 454 g/mol. The van der Waals surface area contributed by atoms with Gasteiger partial charge in [0, 0.05) is 31.8 Å². The highest BCUT2D eigenvalue weighted by Crippen LogP contribution is 2.29. The molecule has 0 radical (unpaired) electrons. The van der Waals surface area contributed by atoms with Crippen molar-refractivity contribution in [3.8, 4) is 17.2 Å². The van der Waals surface area contributed by atoms with E-state index in [9.17, 15) is 14.4 Å². The molecule has 2 aromatic heterocycles. The molecule has 3 aromatic rings. The first-order valence-corrected chi connectivity index (χ1v) is 10.1. The Hall–Kier alpha value is -3.34. The van der Waals surface area contributed by atoms with Gasteiger partial charge in [-0.05, 0) is 46.1 Å². The molecular formula is C19H16BrN7O3. The number of amides is 3. The predicted molar refractivity (Wildman–Crippen MR) is 107 cm³/mol. The van der Waals surface area contributed by atoms with Crippen molar-refractivity contribution in [3.63, 3.8) is 0 Å². The first-order valence-electron chi connectivity index (χ1n) is 9.30. The highest BCUT2D eigenvalue weighted by Gasteiger charge is 2.39. The molecule has 1 saturated heterocycles. The largest absolute Gasteiger partial charge is 0.331 e. The van der Waals surface area contributed by atoms with Crippen LogP contribution in [0, 0.1) is 0 Å². The third kappa shape index (κ3) is 3.02. The highest BCUT2D eigenvalue weighted by atomic mass is 79.9. The molecule has 10 nitrogen and oxygen atoms in total. The zero-order valence-corrected chi connectivity index (χ0v) is 17.5. The van der Waals surface area contributed by atoms with Gasteiger partial charge in [0.15, 0.2) is 5.82 Å². The van der Waals surface area contributed by atoms with E-state index in [1.54, 1.807) is 23.0 Å². The molecule has 152 valence electrons. The van der Waals surface area contributed by atoms with Gasteiger partial charge in [-0.1, -0.05) is 5.21 Å². The standard InChI is InChI=1S/C19H16BrN7O3/c1-25-9-15(20)21-17(25)13-8-27(24-23-13)11-2-3-12-10(6-11)7-26(19(12)30)14-4-5-16(28)22-18(14)29/h2-3,6,8-9,14H,4-5,7H2,1H3,(H,22,28,29). The maximum atomic E-state index is 12.8. The molecule has 2 aliphatic heterocycles. The highest BCUT2D eigenvalue weighted by molar-refractivity contribution is 9.10. The normalized spacial score (nSPS) is 18.7. The Morgan fingerprint density at radius 2 is 2.03 bits per heavy atom. The van der Waals surface area contributed by atoms with Gasteiger partial charge < -0.3 is 9.47 Å². The minimum absolute atomic E-state index is 0.205. The summed E-state index contributed by atoms with van der Waals surface area (Å²) in [7, 11) is 1.87. The van der Waals surface area contributed by atoms with Crippen LogP contribution in [0.25, 0.3) is 17.2 Å². The fourth-order valence-electron chi connectivity index (χ4n) is 3.86. The van der Waals surface area contributed by atoms with Crippen LogP contribution in [0.15, 0.2) is 35.2 Å². The lowest BCUT2D eigenvalue weighted by molar-refractivity contribution is -0.136. The number of aromatic nitrogens is 5. The lowest BCUT2D eigenvalue weighted by Gasteiger charge is -2.29. The molecule has 3 amide bonds. The third-order valence-electron chi connectivity index (χ3n) is 5.34. The van der Waals surface area contributed by atoms with Crippen LogP contribution in [0.3, 0.4) is 0 Å². The van der Waals surface area contributed by atoms with Gasteiger partial charge in [-0.15, -0.1) is 5.10 Å². The Labute approximate surface area is 179 Å². The first-order chi connectivity index (χ1) is 14.4. The van der Waals surface area contributed by atoms with Crippen molar-refractivity contribution < 1.29 is 14.4 Å². The minimum Gasteiger partial charge on any atom is -0.331 e. The predicted octanol–water partition coefficient (Wildman–Crippen LogP) is 1.19. The number of imidazole rings is 1. The molecule has 2 aliphatic rings. The van der Waals surface area contributed by atoms with Gasteiger partial charge in [-0.3, -0.25) is 19.7 Å². The summed E-state index contributed by atoms with van der Waals surface area (Å²) in [5, 5.41) is 10.7. The van der Waals surface area contributed by atoms with Crippen LogP contribution in [0.1, 0.15) is 28.8 Å². The molecule has 1 unspecified atom stereocenters. The second-order valence-corrected chi connectivity index (χ2v) is 8.10. The summed E-state index contributed by atoms with van der Waals surface area (Å²) in [6, 6.07) is 4.76. The Kier molecular flexibility index (Phi) is 4.28. The number of halogens is 1. The molecule has 11 heteroatoms. The second-order valence-electron chi connectivity index (χ2n) is 7.29. The molecule has 1 aromatic carbocycles. The van der Waals surface area contributed by atoms with E-state index >= 15 is 0 Å². The summed E-state index contributed by atoms with van der Waals surface area (Å²) in [6.45, 7) is 0.308. The van der Waals surface area contributed by atoms with E-state index < -0.39 is 11.9 Å². The summed E-state index contributed by atoms with van der Waals surface area (Å²) < 4.78 is 4.17. The van der Waals surface area contributed by atoms with E-state index in [0.717, 1.165) is 11.3 Å². The molecule has 0 spiro atoms. The average Bonchev–Trinajstić information content (AvgIpc) is 3.39. The summed E-state index contributed by atoms with van der Waals surface area (Å²) in [5.74, 6) is -0.254. The number of hydrogen-bond acceptors (Lipinski definition) is 6. The first kappa shape index (κ1) is 18.7. The van der Waals surface area contributed by atoms with Gasteiger partial charge in [0.2, 0.25) is 11.8 Å². The van der Waals surface area contributed by atoms with Crippen molar-refractivity contribution in [1.29, 1.82) is 0 Å². The van der Waals surface area contributed by atoms with Crippen LogP contribution in [-0.2, 0) is 23.2 Å². The molecule has 0 bridgehead atoms. The summed E-state index contributed by atoms with van der Waals surface area (Å²) in [5.41, 5.74) is 2.72. The quantitative estimate of drug-likeness (QED) is 0.576. The number of carbonyl (C=O) groups is 3. The third-order valence-corrected chi connectivity index (χ3v) is 5.72. The van der Waals surface area contributed by atoms with E-state index in [4.69, 9.17) is 0 Å². The SMILES string of the molecule is Cn1cc(Br)nc1-c1cn(-c2ccc3c(c2)CN(C2CCC(=O)NC2=O)C3=O)nn1. The zero-order valence-electron chi connectivity index (χ0n) is 15.9. The number of benzene rings is 1. The van der Waals surface area contributed by atoms with E-state index in [1.165, 1.54) is 4.90 Å². The Morgan fingerprint density at radius 3 is 2.77 bits per heavy atom. The minimum atomic E-state index is -0.633. The molecule has 5 rings (SSSR count).